The van der Waals surface area contributed by atoms with Gasteiger partial charge >= 0.3 is 0 Å². The minimum absolute atomic E-state index is 0.102. The summed E-state index contributed by atoms with van der Waals surface area (Å²) in [7, 11) is 0. The fraction of sp³-hybridized carbons (Fsp3) is 0.588. The van der Waals surface area contributed by atoms with E-state index in [1.54, 1.807) is 0 Å². The van der Waals surface area contributed by atoms with Gasteiger partial charge in [0.25, 0.3) is 5.91 Å². The Kier molecular flexibility index (Phi) is 4.76. The number of carbonyl (C=O) groups excluding carboxylic acids is 1. The Labute approximate surface area is 131 Å². The molecule has 1 fully saturated rings. The summed E-state index contributed by atoms with van der Waals surface area (Å²) in [5.41, 5.74) is 3.08. The van der Waals surface area contributed by atoms with Crippen LogP contribution in [0.2, 0.25) is 0 Å². The van der Waals surface area contributed by atoms with Crippen molar-refractivity contribution >= 4 is 5.91 Å². The lowest BCUT2D eigenvalue weighted by Crippen LogP contribution is -2.50. The summed E-state index contributed by atoms with van der Waals surface area (Å²) in [5, 5.41) is 9.72. The van der Waals surface area contributed by atoms with Crippen molar-refractivity contribution < 1.29 is 14.6 Å². The Balaban J connectivity index is 1.58. The molecule has 2 aliphatic heterocycles. The van der Waals surface area contributed by atoms with Gasteiger partial charge in [0.05, 0.1) is 19.3 Å². The van der Waals surface area contributed by atoms with Gasteiger partial charge in [-0.05, 0) is 29.7 Å². The van der Waals surface area contributed by atoms with Gasteiger partial charge in [-0.15, -0.1) is 0 Å². The molecule has 1 saturated heterocycles. The highest BCUT2D eigenvalue weighted by Gasteiger charge is 2.24. The molecule has 0 aromatic heterocycles. The van der Waals surface area contributed by atoms with Crippen LogP contribution in [0.15, 0.2) is 18.2 Å². The van der Waals surface area contributed by atoms with Crippen LogP contribution >= 0.6 is 0 Å². The summed E-state index contributed by atoms with van der Waals surface area (Å²) in [6.45, 7) is 7.07. The number of carbonyl (C=O) groups is 1. The molecule has 22 heavy (non-hydrogen) atoms. The minimum Gasteiger partial charge on any atom is -0.392 e. The second kappa shape index (κ2) is 6.77. The molecule has 2 aliphatic rings. The van der Waals surface area contributed by atoms with E-state index in [1.807, 2.05) is 30.0 Å². The predicted molar refractivity (Wildman–Crippen MR) is 83.6 cm³/mol. The van der Waals surface area contributed by atoms with E-state index in [-0.39, 0.29) is 12.0 Å². The monoisotopic (exact) mass is 304 g/mol. The standard InChI is InChI=1S/C17H24N2O3/c1-2-16(20)10-18-5-7-19(8-6-18)17(21)13-3-4-14-11-22-12-15(14)9-13/h3-4,9,16,20H,2,5-8,10-12H2,1H3/t16-/m1/s1. The zero-order valence-corrected chi connectivity index (χ0v) is 13.1. The summed E-state index contributed by atoms with van der Waals surface area (Å²) < 4.78 is 5.40. The first kappa shape index (κ1) is 15.5. The van der Waals surface area contributed by atoms with Gasteiger partial charge < -0.3 is 14.7 Å². The first-order valence-corrected chi connectivity index (χ1v) is 8.06. The Morgan fingerprint density at radius 3 is 2.68 bits per heavy atom. The van der Waals surface area contributed by atoms with Crippen molar-refractivity contribution in [3.63, 3.8) is 0 Å². The molecular weight excluding hydrogens is 280 g/mol. The summed E-state index contributed by atoms with van der Waals surface area (Å²) in [4.78, 5) is 16.7. The largest absolute Gasteiger partial charge is 0.392 e. The molecular formula is C17H24N2O3. The normalized spacial score (nSPS) is 20.0. The van der Waals surface area contributed by atoms with Gasteiger partial charge in [0.15, 0.2) is 0 Å². The second-order valence-electron chi connectivity index (χ2n) is 6.13. The average molecular weight is 304 g/mol. The highest BCUT2D eigenvalue weighted by Crippen LogP contribution is 2.22. The van der Waals surface area contributed by atoms with Crippen LogP contribution in [-0.4, -0.2) is 59.6 Å². The molecule has 1 aromatic carbocycles. The molecule has 1 N–H and O–H groups in total. The zero-order chi connectivity index (χ0) is 15.5. The Bertz CT molecular complexity index is 539. The van der Waals surface area contributed by atoms with E-state index in [0.29, 0.717) is 19.8 Å². The molecule has 0 saturated carbocycles. The third kappa shape index (κ3) is 3.32. The number of rotatable bonds is 4. The molecule has 1 amide bonds. The van der Waals surface area contributed by atoms with Gasteiger partial charge in [-0.2, -0.15) is 0 Å². The number of β-amino-alcohol motifs (C(OH)–C–C–N with tert-alkyl or cyclic N) is 1. The molecule has 1 atom stereocenters. The van der Waals surface area contributed by atoms with Crippen LogP contribution < -0.4 is 0 Å². The molecule has 0 radical (unpaired) electrons. The van der Waals surface area contributed by atoms with Gasteiger partial charge in [0, 0.05) is 38.3 Å². The number of fused-ring (bicyclic) bond motifs is 1. The van der Waals surface area contributed by atoms with Crippen molar-refractivity contribution in [3.05, 3.63) is 34.9 Å². The topological polar surface area (TPSA) is 53.0 Å². The van der Waals surface area contributed by atoms with Crippen molar-refractivity contribution in [2.24, 2.45) is 0 Å². The van der Waals surface area contributed by atoms with Crippen molar-refractivity contribution in [2.45, 2.75) is 32.7 Å². The van der Waals surface area contributed by atoms with Crippen LogP contribution in [-0.2, 0) is 18.0 Å². The number of ether oxygens (including phenoxy) is 1. The number of benzene rings is 1. The minimum atomic E-state index is -0.265. The first-order valence-electron chi connectivity index (χ1n) is 8.06. The fourth-order valence-corrected chi connectivity index (χ4v) is 3.05. The Morgan fingerprint density at radius 1 is 1.23 bits per heavy atom. The van der Waals surface area contributed by atoms with Crippen molar-refractivity contribution in [2.75, 3.05) is 32.7 Å². The Morgan fingerprint density at radius 2 is 1.95 bits per heavy atom. The number of hydrogen-bond donors (Lipinski definition) is 1. The molecule has 0 aliphatic carbocycles. The molecule has 120 valence electrons. The van der Waals surface area contributed by atoms with Crippen LogP contribution in [0, 0.1) is 0 Å². The lowest BCUT2D eigenvalue weighted by Gasteiger charge is -2.35. The lowest BCUT2D eigenvalue weighted by molar-refractivity contribution is 0.0523. The van der Waals surface area contributed by atoms with Gasteiger partial charge in [0.1, 0.15) is 0 Å². The zero-order valence-electron chi connectivity index (χ0n) is 13.1. The van der Waals surface area contributed by atoms with Gasteiger partial charge in [-0.1, -0.05) is 13.0 Å². The maximum absolute atomic E-state index is 12.6. The van der Waals surface area contributed by atoms with E-state index in [9.17, 15) is 9.90 Å². The van der Waals surface area contributed by atoms with Crippen LogP contribution in [0.3, 0.4) is 0 Å². The number of hydrogen-bond acceptors (Lipinski definition) is 4. The van der Waals surface area contributed by atoms with Crippen molar-refractivity contribution in [3.8, 4) is 0 Å². The summed E-state index contributed by atoms with van der Waals surface area (Å²) in [5.74, 6) is 0.102. The third-order valence-corrected chi connectivity index (χ3v) is 4.57. The number of aliphatic hydroxyl groups is 1. The van der Waals surface area contributed by atoms with Crippen LogP contribution in [0.25, 0.3) is 0 Å². The quantitative estimate of drug-likeness (QED) is 0.909. The van der Waals surface area contributed by atoms with Crippen molar-refractivity contribution in [1.82, 2.24) is 9.80 Å². The van der Waals surface area contributed by atoms with E-state index >= 15 is 0 Å². The lowest BCUT2D eigenvalue weighted by atomic mass is 10.1. The molecule has 1 aromatic rings. The van der Waals surface area contributed by atoms with E-state index in [4.69, 9.17) is 4.74 Å². The fourth-order valence-electron chi connectivity index (χ4n) is 3.05. The smallest absolute Gasteiger partial charge is 0.253 e. The number of aliphatic hydroxyl groups excluding tert-OH is 1. The second-order valence-corrected chi connectivity index (χ2v) is 6.13. The molecule has 3 rings (SSSR count). The number of nitrogens with zero attached hydrogens (tertiary/aromatic N) is 2. The van der Waals surface area contributed by atoms with Crippen LogP contribution in [0.4, 0.5) is 0 Å². The third-order valence-electron chi connectivity index (χ3n) is 4.57. The highest BCUT2D eigenvalue weighted by atomic mass is 16.5. The molecule has 0 unspecified atom stereocenters. The maximum atomic E-state index is 12.6. The molecule has 2 heterocycles. The summed E-state index contributed by atoms with van der Waals surface area (Å²) >= 11 is 0. The number of piperazine rings is 1. The SMILES string of the molecule is CC[C@@H](O)CN1CCN(C(=O)c2ccc3c(c2)COC3)CC1. The highest BCUT2D eigenvalue weighted by molar-refractivity contribution is 5.94. The van der Waals surface area contributed by atoms with Crippen molar-refractivity contribution in [1.29, 1.82) is 0 Å². The number of amides is 1. The van der Waals surface area contributed by atoms with Gasteiger partial charge in [0.2, 0.25) is 0 Å². The summed E-state index contributed by atoms with van der Waals surface area (Å²) in [6, 6.07) is 5.88. The average Bonchev–Trinajstić information content (AvgIpc) is 3.02. The first-order chi connectivity index (χ1) is 10.7. The van der Waals surface area contributed by atoms with Crippen LogP contribution in [0.1, 0.15) is 34.8 Å². The van der Waals surface area contributed by atoms with Gasteiger partial charge in [-0.3, -0.25) is 9.69 Å². The Hall–Kier alpha value is -1.43. The maximum Gasteiger partial charge on any atom is 0.253 e. The molecule has 5 heteroatoms. The van der Waals surface area contributed by atoms with E-state index in [0.717, 1.165) is 43.7 Å². The van der Waals surface area contributed by atoms with E-state index < -0.39 is 0 Å². The molecule has 0 spiro atoms. The summed E-state index contributed by atoms with van der Waals surface area (Å²) in [6.07, 6.45) is 0.509. The van der Waals surface area contributed by atoms with Crippen LogP contribution in [0.5, 0.6) is 0 Å². The van der Waals surface area contributed by atoms with Gasteiger partial charge in [-0.25, -0.2) is 0 Å². The molecule has 0 bridgehead atoms. The van der Waals surface area contributed by atoms with E-state index in [1.165, 1.54) is 5.56 Å². The van der Waals surface area contributed by atoms with E-state index in [2.05, 4.69) is 4.90 Å². The predicted octanol–water partition coefficient (Wildman–Crippen LogP) is 1.25. The molecule has 5 nitrogen and oxygen atoms in total.